The van der Waals surface area contributed by atoms with Gasteiger partial charge in [0.2, 0.25) is 0 Å². The predicted octanol–water partition coefficient (Wildman–Crippen LogP) is 2.22. The van der Waals surface area contributed by atoms with E-state index in [1.54, 1.807) is 6.20 Å². The number of aliphatic imine (C=N–C) groups is 1. The molecule has 1 aromatic heterocycles. The van der Waals surface area contributed by atoms with Gasteiger partial charge in [-0.2, -0.15) is 0 Å². The molecular formula is C18H26ClN5O. The molecule has 0 bridgehead atoms. The predicted molar refractivity (Wildman–Crippen MR) is 102 cm³/mol. The van der Waals surface area contributed by atoms with Crippen molar-refractivity contribution in [1.82, 2.24) is 15.6 Å². The van der Waals surface area contributed by atoms with Crippen molar-refractivity contribution < 1.29 is 4.74 Å². The maximum atomic E-state index is 6.25. The van der Waals surface area contributed by atoms with Gasteiger partial charge < -0.3 is 20.3 Å². The van der Waals surface area contributed by atoms with Crippen LogP contribution >= 0.6 is 11.6 Å². The van der Waals surface area contributed by atoms with Gasteiger partial charge in [-0.3, -0.25) is 4.99 Å². The Labute approximate surface area is 154 Å². The molecule has 0 amide bonds. The number of guanidine groups is 1. The van der Waals surface area contributed by atoms with Crippen LogP contribution in [-0.2, 0) is 4.74 Å². The molecule has 1 atom stereocenters. The molecule has 2 aliphatic rings. The summed E-state index contributed by atoms with van der Waals surface area (Å²) in [5.41, 5.74) is 1.46. The van der Waals surface area contributed by atoms with E-state index in [-0.39, 0.29) is 0 Å². The summed E-state index contributed by atoms with van der Waals surface area (Å²) in [6.07, 6.45) is 7.08. The average molecular weight is 364 g/mol. The van der Waals surface area contributed by atoms with Crippen LogP contribution in [0.25, 0.3) is 0 Å². The van der Waals surface area contributed by atoms with E-state index in [1.807, 2.05) is 19.2 Å². The summed E-state index contributed by atoms with van der Waals surface area (Å²) in [6, 6.07) is 4.08. The smallest absolute Gasteiger partial charge is 0.191 e. The van der Waals surface area contributed by atoms with E-state index in [0.29, 0.717) is 11.1 Å². The number of anilines is 1. The zero-order valence-electron chi connectivity index (χ0n) is 14.7. The minimum Gasteiger partial charge on any atom is -0.377 e. The van der Waals surface area contributed by atoms with Crippen LogP contribution in [0.2, 0.25) is 5.02 Å². The molecule has 1 aromatic rings. The lowest BCUT2D eigenvalue weighted by atomic mass is 10.1. The summed E-state index contributed by atoms with van der Waals surface area (Å²) < 4.78 is 5.34. The van der Waals surface area contributed by atoms with E-state index < -0.39 is 0 Å². The second-order valence-electron chi connectivity index (χ2n) is 6.32. The molecule has 1 fully saturated rings. The van der Waals surface area contributed by atoms with E-state index in [9.17, 15) is 0 Å². The Bertz CT molecular complexity index is 634. The first-order valence-electron chi connectivity index (χ1n) is 8.84. The van der Waals surface area contributed by atoms with Crippen LogP contribution in [0, 0.1) is 0 Å². The Morgan fingerprint density at radius 3 is 3.20 bits per heavy atom. The van der Waals surface area contributed by atoms with Crippen LogP contribution in [0.5, 0.6) is 0 Å². The molecule has 0 aromatic carbocycles. The normalized spacial score (nSPS) is 21.2. The van der Waals surface area contributed by atoms with E-state index in [1.165, 1.54) is 5.57 Å². The summed E-state index contributed by atoms with van der Waals surface area (Å²) in [6.45, 7) is 4.29. The first kappa shape index (κ1) is 18.0. The molecule has 1 unspecified atom stereocenters. The van der Waals surface area contributed by atoms with Crippen LogP contribution in [0.3, 0.4) is 0 Å². The third-order valence-electron chi connectivity index (χ3n) is 4.59. The number of aromatic nitrogens is 1. The Morgan fingerprint density at radius 1 is 1.52 bits per heavy atom. The van der Waals surface area contributed by atoms with E-state index in [2.05, 4.69) is 31.6 Å². The SMILES string of the molecule is CN=C(NCCC1=CCOCC1)NC1CCN(c2ncccc2Cl)C1. The van der Waals surface area contributed by atoms with Gasteiger partial charge in [0.25, 0.3) is 0 Å². The summed E-state index contributed by atoms with van der Waals surface area (Å²) >= 11 is 6.25. The molecule has 7 heteroatoms. The molecular weight excluding hydrogens is 338 g/mol. The number of pyridine rings is 1. The monoisotopic (exact) mass is 363 g/mol. The average Bonchev–Trinajstić information content (AvgIpc) is 3.10. The molecule has 6 nitrogen and oxygen atoms in total. The van der Waals surface area contributed by atoms with Crippen molar-refractivity contribution in [3.63, 3.8) is 0 Å². The number of rotatable bonds is 5. The molecule has 3 rings (SSSR count). The first-order chi connectivity index (χ1) is 12.3. The van der Waals surface area contributed by atoms with Crippen molar-refractivity contribution in [1.29, 1.82) is 0 Å². The van der Waals surface area contributed by atoms with Crippen LogP contribution < -0.4 is 15.5 Å². The van der Waals surface area contributed by atoms with Gasteiger partial charge in [0.1, 0.15) is 5.82 Å². The largest absolute Gasteiger partial charge is 0.377 e. The Balaban J connectivity index is 1.45. The van der Waals surface area contributed by atoms with Gasteiger partial charge in [-0.05, 0) is 31.4 Å². The second kappa shape index (κ2) is 9.06. The molecule has 0 aliphatic carbocycles. The van der Waals surface area contributed by atoms with Crippen molar-refractivity contribution in [3.05, 3.63) is 35.0 Å². The van der Waals surface area contributed by atoms with Crippen LogP contribution in [0.1, 0.15) is 19.3 Å². The zero-order chi connectivity index (χ0) is 17.5. The van der Waals surface area contributed by atoms with E-state index in [0.717, 1.165) is 63.9 Å². The molecule has 0 saturated carbocycles. The van der Waals surface area contributed by atoms with Gasteiger partial charge in [0.15, 0.2) is 5.96 Å². The lowest BCUT2D eigenvalue weighted by Crippen LogP contribution is -2.45. The summed E-state index contributed by atoms with van der Waals surface area (Å²) in [4.78, 5) is 11.0. The molecule has 3 heterocycles. The molecule has 2 aliphatic heterocycles. The van der Waals surface area contributed by atoms with Crippen LogP contribution in [0.4, 0.5) is 5.82 Å². The lowest BCUT2D eigenvalue weighted by Gasteiger charge is -2.20. The fourth-order valence-electron chi connectivity index (χ4n) is 3.20. The lowest BCUT2D eigenvalue weighted by molar-refractivity contribution is 0.153. The Hall–Kier alpha value is -1.79. The van der Waals surface area contributed by atoms with Crippen LogP contribution in [-0.4, -0.2) is 56.9 Å². The fourth-order valence-corrected chi connectivity index (χ4v) is 3.44. The van der Waals surface area contributed by atoms with Gasteiger partial charge in [0, 0.05) is 38.9 Å². The first-order valence-corrected chi connectivity index (χ1v) is 9.22. The minimum atomic E-state index is 0.339. The van der Waals surface area contributed by atoms with E-state index in [4.69, 9.17) is 16.3 Å². The van der Waals surface area contributed by atoms with Gasteiger partial charge in [-0.1, -0.05) is 23.3 Å². The third kappa shape index (κ3) is 5.09. The van der Waals surface area contributed by atoms with Crippen LogP contribution in [0.15, 0.2) is 35.0 Å². The minimum absolute atomic E-state index is 0.339. The van der Waals surface area contributed by atoms with Crippen molar-refractivity contribution >= 4 is 23.4 Å². The van der Waals surface area contributed by atoms with Gasteiger partial charge >= 0.3 is 0 Å². The molecule has 25 heavy (non-hydrogen) atoms. The second-order valence-corrected chi connectivity index (χ2v) is 6.73. The Morgan fingerprint density at radius 2 is 2.44 bits per heavy atom. The Kier molecular flexibility index (Phi) is 6.53. The van der Waals surface area contributed by atoms with Crippen molar-refractivity contribution in [2.24, 2.45) is 4.99 Å². The number of nitrogens with zero attached hydrogens (tertiary/aromatic N) is 3. The third-order valence-corrected chi connectivity index (χ3v) is 4.88. The number of nitrogens with one attached hydrogen (secondary N) is 2. The zero-order valence-corrected chi connectivity index (χ0v) is 15.4. The number of halogens is 1. The molecule has 0 radical (unpaired) electrons. The number of hydrogen-bond acceptors (Lipinski definition) is 4. The highest BCUT2D eigenvalue weighted by Gasteiger charge is 2.25. The summed E-state index contributed by atoms with van der Waals surface area (Å²) in [7, 11) is 1.81. The highest BCUT2D eigenvalue weighted by atomic mass is 35.5. The number of ether oxygens (including phenoxy) is 1. The quantitative estimate of drug-likeness (QED) is 0.477. The molecule has 1 saturated heterocycles. The molecule has 136 valence electrons. The van der Waals surface area contributed by atoms with Crippen molar-refractivity contribution in [2.75, 3.05) is 44.8 Å². The standard InChI is InChI=1S/C18H26ClN5O/c1-20-18(22-9-4-14-6-11-25-12-7-14)23-15-5-10-24(13-15)17-16(19)3-2-8-21-17/h2-3,6,8,15H,4-5,7,9-13H2,1H3,(H2,20,22,23). The van der Waals surface area contributed by atoms with Crippen molar-refractivity contribution in [3.8, 4) is 0 Å². The number of hydrogen-bond donors (Lipinski definition) is 2. The van der Waals surface area contributed by atoms with Crippen molar-refractivity contribution in [2.45, 2.75) is 25.3 Å². The molecule has 0 spiro atoms. The maximum Gasteiger partial charge on any atom is 0.191 e. The van der Waals surface area contributed by atoms with Gasteiger partial charge in [0.05, 0.1) is 18.2 Å². The highest BCUT2D eigenvalue weighted by molar-refractivity contribution is 6.32. The fraction of sp³-hybridized carbons (Fsp3) is 0.556. The summed E-state index contributed by atoms with van der Waals surface area (Å²) in [5.74, 6) is 1.72. The molecule has 2 N–H and O–H groups in total. The van der Waals surface area contributed by atoms with Gasteiger partial charge in [-0.15, -0.1) is 0 Å². The van der Waals surface area contributed by atoms with E-state index >= 15 is 0 Å². The maximum absolute atomic E-state index is 6.25. The summed E-state index contributed by atoms with van der Waals surface area (Å²) in [5, 5.41) is 7.62. The highest BCUT2D eigenvalue weighted by Crippen LogP contribution is 2.25. The topological polar surface area (TPSA) is 61.8 Å². The van der Waals surface area contributed by atoms with Gasteiger partial charge in [-0.25, -0.2) is 4.98 Å².